The van der Waals surface area contributed by atoms with Gasteiger partial charge >= 0.3 is 0 Å². The number of allylic oxidation sites excluding steroid dienone is 16. The Hall–Kier alpha value is -3.40. The summed E-state index contributed by atoms with van der Waals surface area (Å²) in [6.45, 7) is 0. The van der Waals surface area contributed by atoms with E-state index in [0.29, 0.717) is 0 Å². The van der Waals surface area contributed by atoms with Gasteiger partial charge in [-0.2, -0.15) is 0 Å². The maximum absolute atomic E-state index is 12.4. The van der Waals surface area contributed by atoms with Crippen LogP contribution in [-0.4, -0.2) is 23.1 Å². The third kappa shape index (κ3) is 1.69. The molecule has 34 heavy (non-hydrogen) atoms. The van der Waals surface area contributed by atoms with Crippen LogP contribution in [0.15, 0.2) is 95.2 Å². The topological polar surface area (TPSA) is 68.3 Å². The number of fused-ring (bicyclic) bond motifs is 1. The third-order valence-electron chi connectivity index (χ3n) is 10.7. The molecule has 166 valence electrons. The van der Waals surface area contributed by atoms with E-state index in [0.717, 1.165) is 54.4 Å². The number of rotatable bonds is 4. The highest BCUT2D eigenvalue weighted by Crippen LogP contribution is 3.02. The molecule has 4 heteroatoms. The summed E-state index contributed by atoms with van der Waals surface area (Å²) in [6, 6.07) is 0. The number of ketones is 4. The molecule has 0 radical (unpaired) electrons. The molecular weight excluding hydrogens is 424 g/mol. The molecular formula is C30H22O4. The Balaban J connectivity index is 1.41. The largest absolute Gasteiger partial charge is 0.290 e. The Morgan fingerprint density at radius 2 is 0.765 bits per heavy atom. The highest BCUT2D eigenvalue weighted by atomic mass is 16.1. The van der Waals surface area contributed by atoms with E-state index in [1.807, 2.05) is 24.3 Å². The lowest BCUT2D eigenvalue weighted by Crippen LogP contribution is -2.79. The number of carbonyl (C=O) groups excluding carboxylic acids is 4. The van der Waals surface area contributed by atoms with E-state index >= 15 is 0 Å². The summed E-state index contributed by atoms with van der Waals surface area (Å²) in [5, 5.41) is 0. The van der Waals surface area contributed by atoms with E-state index in [1.165, 1.54) is 0 Å². The second-order valence-electron chi connectivity index (χ2n) is 11.7. The van der Waals surface area contributed by atoms with E-state index in [2.05, 4.69) is 0 Å². The third-order valence-corrected chi connectivity index (χ3v) is 10.7. The predicted molar refractivity (Wildman–Crippen MR) is 124 cm³/mol. The van der Waals surface area contributed by atoms with Gasteiger partial charge in [0, 0.05) is 21.7 Å². The van der Waals surface area contributed by atoms with Gasteiger partial charge in [-0.3, -0.25) is 19.2 Å². The van der Waals surface area contributed by atoms with Gasteiger partial charge in [-0.1, -0.05) is 24.3 Å². The van der Waals surface area contributed by atoms with Crippen molar-refractivity contribution in [1.82, 2.24) is 0 Å². The summed E-state index contributed by atoms with van der Waals surface area (Å²) < 4.78 is 0. The average Bonchev–Trinajstić information content (AvgIpc) is 3.58. The molecule has 0 aromatic rings. The zero-order valence-electron chi connectivity index (χ0n) is 18.6. The van der Waals surface area contributed by atoms with E-state index in [9.17, 15) is 19.2 Å². The fraction of sp³-hybridized carbons (Fsp3) is 0.333. The van der Waals surface area contributed by atoms with E-state index < -0.39 is 0 Å². The summed E-state index contributed by atoms with van der Waals surface area (Å²) in [4.78, 5) is 49.2. The van der Waals surface area contributed by atoms with Gasteiger partial charge in [-0.05, 0) is 108 Å². The van der Waals surface area contributed by atoms with Crippen LogP contribution in [0.2, 0.25) is 0 Å². The molecule has 0 aliphatic heterocycles. The first-order chi connectivity index (χ1) is 16.3. The molecule has 4 saturated carbocycles. The first-order valence-corrected chi connectivity index (χ1v) is 12.1. The molecule has 0 aromatic heterocycles. The predicted octanol–water partition coefficient (Wildman–Crippen LogP) is 4.18. The fourth-order valence-corrected chi connectivity index (χ4v) is 10.2. The Morgan fingerprint density at radius 3 is 1.12 bits per heavy atom. The van der Waals surface area contributed by atoms with Crippen molar-refractivity contribution >= 4 is 23.1 Å². The number of hydrogen-bond acceptors (Lipinski definition) is 4. The summed E-state index contributed by atoms with van der Waals surface area (Å²) in [5.74, 6) is 0.128. The quantitative estimate of drug-likeness (QED) is 0.650. The highest BCUT2D eigenvalue weighted by molar-refractivity contribution is 6.06. The van der Waals surface area contributed by atoms with E-state index in [1.54, 1.807) is 48.6 Å². The molecule has 8 aliphatic rings. The van der Waals surface area contributed by atoms with Crippen molar-refractivity contribution in [3.63, 3.8) is 0 Å². The molecule has 2 atom stereocenters. The Morgan fingerprint density at radius 1 is 0.412 bits per heavy atom. The smallest absolute Gasteiger partial charge is 0.178 e. The van der Waals surface area contributed by atoms with Gasteiger partial charge in [-0.25, -0.2) is 0 Å². The number of hydrogen-bond donors (Lipinski definition) is 0. The van der Waals surface area contributed by atoms with Gasteiger partial charge in [0.2, 0.25) is 0 Å². The molecule has 8 rings (SSSR count). The fourth-order valence-electron chi connectivity index (χ4n) is 10.2. The molecule has 0 amide bonds. The lowest BCUT2D eigenvalue weighted by Gasteiger charge is -2.85. The van der Waals surface area contributed by atoms with Gasteiger partial charge in [0.15, 0.2) is 23.1 Å². The molecule has 2 unspecified atom stereocenters. The molecule has 0 heterocycles. The Labute approximate surface area is 196 Å². The lowest BCUT2D eigenvalue weighted by atomic mass is 9.17. The van der Waals surface area contributed by atoms with Crippen LogP contribution in [0.25, 0.3) is 0 Å². The van der Waals surface area contributed by atoms with Crippen LogP contribution in [0.4, 0.5) is 0 Å². The van der Waals surface area contributed by atoms with Gasteiger partial charge in [0.05, 0.1) is 0 Å². The standard InChI is InChI=1S/C30H22O4/c31-22-5-1-18(9-22)26-13-27(19-2-6-23(32)10-19)16-29(21-4-8-25(34)12-21)17-28(14-26,30(27,29)15-26)20-3-7-24(33)11-20/h1-12H,13-17H2. The number of carbonyl (C=O) groups is 4. The zero-order valence-corrected chi connectivity index (χ0v) is 18.6. The van der Waals surface area contributed by atoms with Crippen molar-refractivity contribution in [3.05, 3.63) is 95.2 Å². The second-order valence-corrected chi connectivity index (χ2v) is 11.7. The van der Waals surface area contributed by atoms with Crippen LogP contribution in [0, 0.1) is 27.1 Å². The van der Waals surface area contributed by atoms with Gasteiger partial charge in [-0.15, -0.1) is 0 Å². The Bertz CT molecular complexity index is 1370. The molecule has 4 fully saturated rings. The highest BCUT2D eigenvalue weighted by Gasteiger charge is 2.96. The monoisotopic (exact) mass is 446 g/mol. The maximum atomic E-state index is 12.4. The first-order valence-electron chi connectivity index (χ1n) is 12.1. The molecule has 0 aromatic carbocycles. The van der Waals surface area contributed by atoms with Crippen LogP contribution in [-0.2, 0) is 19.2 Å². The van der Waals surface area contributed by atoms with Crippen molar-refractivity contribution in [2.45, 2.75) is 32.1 Å². The molecule has 8 aliphatic carbocycles. The van der Waals surface area contributed by atoms with Gasteiger partial charge in [0.25, 0.3) is 0 Å². The minimum absolute atomic E-state index is 0.0282. The summed E-state index contributed by atoms with van der Waals surface area (Å²) >= 11 is 0. The van der Waals surface area contributed by atoms with Crippen molar-refractivity contribution in [3.8, 4) is 0 Å². The summed E-state index contributed by atoms with van der Waals surface area (Å²) in [7, 11) is 0. The van der Waals surface area contributed by atoms with Crippen LogP contribution < -0.4 is 0 Å². The van der Waals surface area contributed by atoms with Crippen molar-refractivity contribution in [2.75, 3.05) is 0 Å². The van der Waals surface area contributed by atoms with Crippen LogP contribution >= 0.6 is 0 Å². The SMILES string of the molecule is O=C1C=CC(C23CC4(C5=CC(=O)C=C5)CC5(C6=CC(=O)C=C6)CC(C6=CC(=O)C=C6)(C2)C45C3)=C1. The minimum atomic E-state index is -0.215. The summed E-state index contributed by atoms with van der Waals surface area (Å²) in [6.07, 6.45) is 26.3. The Kier molecular flexibility index (Phi) is 2.96. The molecule has 2 bridgehead atoms. The van der Waals surface area contributed by atoms with Crippen molar-refractivity contribution in [2.24, 2.45) is 27.1 Å². The molecule has 4 nitrogen and oxygen atoms in total. The average molecular weight is 447 g/mol. The minimum Gasteiger partial charge on any atom is -0.290 e. The van der Waals surface area contributed by atoms with Crippen LogP contribution in [0.3, 0.4) is 0 Å². The van der Waals surface area contributed by atoms with E-state index in [-0.39, 0.29) is 50.2 Å². The lowest BCUT2D eigenvalue weighted by molar-refractivity contribution is -0.316. The van der Waals surface area contributed by atoms with Crippen LogP contribution in [0.5, 0.6) is 0 Å². The summed E-state index contributed by atoms with van der Waals surface area (Å²) in [5.41, 5.74) is 3.42. The maximum Gasteiger partial charge on any atom is 0.178 e. The first kappa shape index (κ1) is 19.0. The second kappa shape index (κ2) is 5.30. The molecule has 0 N–H and O–H groups in total. The molecule has 1 spiro atoms. The van der Waals surface area contributed by atoms with Gasteiger partial charge < -0.3 is 0 Å². The van der Waals surface area contributed by atoms with Crippen molar-refractivity contribution < 1.29 is 19.2 Å². The zero-order chi connectivity index (χ0) is 23.1. The van der Waals surface area contributed by atoms with E-state index in [4.69, 9.17) is 0 Å². The van der Waals surface area contributed by atoms with Crippen molar-refractivity contribution in [1.29, 1.82) is 0 Å². The molecule has 0 saturated heterocycles. The van der Waals surface area contributed by atoms with Gasteiger partial charge in [0.1, 0.15) is 0 Å². The normalized spacial score (nSPS) is 46.1. The van der Waals surface area contributed by atoms with Crippen LogP contribution in [0.1, 0.15) is 32.1 Å².